The lowest BCUT2D eigenvalue weighted by Crippen LogP contribution is -2.37. The van der Waals surface area contributed by atoms with Crippen LogP contribution >= 0.6 is 23.6 Å². The predicted octanol–water partition coefficient (Wildman–Crippen LogP) is 5.52. The average Bonchev–Trinajstić information content (AvgIpc) is 3.30. The summed E-state index contributed by atoms with van der Waals surface area (Å²) in [5, 5.41) is 17.4. The zero-order valence-electron chi connectivity index (χ0n) is 21.2. The number of aromatic nitrogens is 1. The third-order valence-electron chi connectivity index (χ3n) is 6.36. The molecular formula is C26H29N5O5S2. The molecule has 1 aliphatic rings. The van der Waals surface area contributed by atoms with Gasteiger partial charge in [0.15, 0.2) is 10.2 Å². The number of hydrogen-bond donors (Lipinski definition) is 2. The smallest absolute Gasteiger partial charge is 0.338 e. The standard InChI is InChI=1S/C26H29N5O5S2/c1-3-4-13-36-24(33)17-5-7-20-22(14-17)38-26(27-20)29-25(37)28-23(32)19-15-18(31(34)35)6-8-21(19)30-11-9-16(2)10-12-30/h5-8,14-16H,3-4,9-13H2,1-2H3,(H2,27,28,29,32,37). The summed E-state index contributed by atoms with van der Waals surface area (Å²) < 4.78 is 6.03. The van der Waals surface area contributed by atoms with E-state index in [2.05, 4.69) is 27.4 Å². The fraction of sp³-hybridized carbons (Fsp3) is 0.385. The summed E-state index contributed by atoms with van der Waals surface area (Å²) in [5.41, 5.74) is 1.76. The highest BCUT2D eigenvalue weighted by molar-refractivity contribution is 7.80. The zero-order valence-corrected chi connectivity index (χ0v) is 22.8. The fourth-order valence-electron chi connectivity index (χ4n) is 4.14. The van der Waals surface area contributed by atoms with Crippen LogP contribution in [0.15, 0.2) is 36.4 Å². The molecule has 0 aliphatic carbocycles. The average molecular weight is 556 g/mol. The number of anilines is 2. The largest absolute Gasteiger partial charge is 0.462 e. The number of thiocarbonyl (C=S) groups is 1. The number of nitrogens with one attached hydrogen (secondary N) is 2. The minimum absolute atomic E-state index is 0.0120. The zero-order chi connectivity index (χ0) is 27.2. The molecule has 2 heterocycles. The first-order valence-electron chi connectivity index (χ1n) is 12.5. The number of unbranched alkanes of at least 4 members (excludes halogenated alkanes) is 1. The Hall–Kier alpha value is -3.64. The second-order valence-electron chi connectivity index (χ2n) is 9.23. The Morgan fingerprint density at radius 1 is 1.24 bits per heavy atom. The molecule has 200 valence electrons. The van der Waals surface area contributed by atoms with E-state index in [1.54, 1.807) is 24.3 Å². The van der Waals surface area contributed by atoms with E-state index in [-0.39, 0.29) is 22.3 Å². The molecule has 1 aromatic heterocycles. The molecule has 38 heavy (non-hydrogen) atoms. The third kappa shape index (κ3) is 6.62. The maximum Gasteiger partial charge on any atom is 0.338 e. The van der Waals surface area contributed by atoms with Crippen LogP contribution in [0.2, 0.25) is 0 Å². The lowest BCUT2D eigenvalue weighted by atomic mass is 9.98. The number of nitrogens with zero attached hydrogens (tertiary/aromatic N) is 3. The maximum absolute atomic E-state index is 13.2. The van der Waals surface area contributed by atoms with E-state index in [1.165, 1.54) is 23.5 Å². The molecular weight excluding hydrogens is 526 g/mol. The van der Waals surface area contributed by atoms with E-state index in [0.717, 1.165) is 43.5 Å². The molecule has 3 aromatic rings. The van der Waals surface area contributed by atoms with Crippen molar-refractivity contribution in [2.24, 2.45) is 5.92 Å². The van der Waals surface area contributed by atoms with Crippen LogP contribution in [0.1, 0.15) is 60.2 Å². The van der Waals surface area contributed by atoms with Gasteiger partial charge in [0.25, 0.3) is 11.6 Å². The molecule has 0 spiro atoms. The number of nitro groups is 1. The van der Waals surface area contributed by atoms with E-state index < -0.39 is 10.8 Å². The van der Waals surface area contributed by atoms with Crippen molar-refractivity contribution in [1.29, 1.82) is 0 Å². The minimum Gasteiger partial charge on any atom is -0.462 e. The number of thiazole rings is 1. The van der Waals surface area contributed by atoms with E-state index in [1.807, 2.05) is 6.92 Å². The first-order chi connectivity index (χ1) is 18.2. The van der Waals surface area contributed by atoms with E-state index in [0.29, 0.717) is 34.4 Å². The third-order valence-corrected chi connectivity index (χ3v) is 7.50. The molecule has 0 saturated carbocycles. The van der Waals surface area contributed by atoms with Crippen LogP contribution in [0.3, 0.4) is 0 Å². The number of nitro benzene ring substituents is 1. The Morgan fingerprint density at radius 3 is 2.71 bits per heavy atom. The topological polar surface area (TPSA) is 127 Å². The highest BCUT2D eigenvalue weighted by Gasteiger charge is 2.24. The number of non-ortho nitro benzene ring substituents is 1. The molecule has 4 rings (SSSR count). The van der Waals surface area contributed by atoms with Gasteiger partial charge in [-0.15, -0.1) is 0 Å². The lowest BCUT2D eigenvalue weighted by Gasteiger charge is -2.33. The Morgan fingerprint density at radius 2 is 2.00 bits per heavy atom. The van der Waals surface area contributed by atoms with E-state index in [4.69, 9.17) is 17.0 Å². The SMILES string of the molecule is CCCCOC(=O)c1ccc2nc(NC(=S)NC(=O)c3cc([N+](=O)[O-])ccc3N3CCC(C)CC3)sc2c1. The first-order valence-corrected chi connectivity index (χ1v) is 13.7. The number of benzene rings is 2. The van der Waals surface area contributed by atoms with Gasteiger partial charge in [-0.25, -0.2) is 9.78 Å². The Labute approximate surface area is 229 Å². The van der Waals surface area contributed by atoms with E-state index in [9.17, 15) is 19.7 Å². The maximum atomic E-state index is 13.2. The Bertz CT molecular complexity index is 1370. The van der Waals surface area contributed by atoms with Gasteiger partial charge in [0.05, 0.1) is 38.6 Å². The van der Waals surface area contributed by atoms with Crippen LogP contribution in [0, 0.1) is 16.0 Å². The molecule has 0 unspecified atom stereocenters. The van der Waals surface area contributed by atoms with Crippen LogP contribution in [-0.2, 0) is 4.74 Å². The van der Waals surface area contributed by atoms with Crippen molar-refractivity contribution in [3.63, 3.8) is 0 Å². The molecule has 0 atom stereocenters. The van der Waals surface area contributed by atoms with Crippen LogP contribution in [0.25, 0.3) is 10.2 Å². The monoisotopic (exact) mass is 555 g/mol. The predicted molar refractivity (Wildman–Crippen MR) is 152 cm³/mol. The van der Waals surface area contributed by atoms with Gasteiger partial charge in [-0.2, -0.15) is 0 Å². The Kier molecular flexibility index (Phi) is 8.85. The first kappa shape index (κ1) is 27.4. The van der Waals surface area contributed by atoms with Crippen molar-refractivity contribution >= 4 is 67.3 Å². The summed E-state index contributed by atoms with van der Waals surface area (Å²) in [6.45, 7) is 6.12. The van der Waals surface area contributed by atoms with Crippen LogP contribution in [0.5, 0.6) is 0 Å². The van der Waals surface area contributed by atoms with Gasteiger partial charge in [0, 0.05) is 25.2 Å². The highest BCUT2D eigenvalue weighted by Crippen LogP contribution is 2.30. The number of carbonyl (C=O) groups excluding carboxylic acids is 2. The lowest BCUT2D eigenvalue weighted by molar-refractivity contribution is -0.384. The van der Waals surface area contributed by atoms with Crippen molar-refractivity contribution in [3.05, 3.63) is 57.6 Å². The molecule has 0 bridgehead atoms. The molecule has 2 N–H and O–H groups in total. The quantitative estimate of drug-likeness (QED) is 0.121. The number of ether oxygens (including phenoxy) is 1. The van der Waals surface area contributed by atoms with Gasteiger partial charge >= 0.3 is 5.97 Å². The molecule has 10 nitrogen and oxygen atoms in total. The van der Waals surface area contributed by atoms with Crippen LogP contribution in [-0.4, -0.2) is 46.6 Å². The summed E-state index contributed by atoms with van der Waals surface area (Å²) in [5.74, 6) is -0.338. The second kappa shape index (κ2) is 12.3. The van der Waals surface area contributed by atoms with E-state index >= 15 is 0 Å². The molecule has 1 amide bonds. The minimum atomic E-state index is -0.543. The molecule has 0 radical (unpaired) electrons. The van der Waals surface area contributed by atoms with Gasteiger partial charge in [0.1, 0.15) is 0 Å². The van der Waals surface area contributed by atoms with Crippen molar-refractivity contribution in [2.45, 2.75) is 39.5 Å². The van der Waals surface area contributed by atoms with Crippen LogP contribution < -0.4 is 15.5 Å². The molecule has 12 heteroatoms. The summed E-state index contributed by atoms with van der Waals surface area (Å²) in [4.78, 5) is 42.8. The van der Waals surface area contributed by atoms with Crippen molar-refractivity contribution in [2.75, 3.05) is 29.9 Å². The molecule has 2 aromatic carbocycles. The summed E-state index contributed by atoms with van der Waals surface area (Å²) in [6.07, 6.45) is 3.70. The summed E-state index contributed by atoms with van der Waals surface area (Å²) in [7, 11) is 0. The normalized spacial score (nSPS) is 13.8. The van der Waals surface area contributed by atoms with Gasteiger partial charge in [-0.1, -0.05) is 31.6 Å². The van der Waals surface area contributed by atoms with Crippen molar-refractivity contribution in [3.8, 4) is 0 Å². The van der Waals surface area contributed by atoms with Crippen molar-refractivity contribution in [1.82, 2.24) is 10.3 Å². The summed E-state index contributed by atoms with van der Waals surface area (Å²) in [6, 6.07) is 9.41. The Balaban J connectivity index is 1.46. The van der Waals surface area contributed by atoms with Gasteiger partial charge < -0.3 is 15.0 Å². The van der Waals surface area contributed by atoms with Gasteiger partial charge in [0.2, 0.25) is 0 Å². The molecule has 1 aliphatic heterocycles. The number of hydrogen-bond acceptors (Lipinski definition) is 9. The number of rotatable bonds is 8. The number of piperidine rings is 1. The number of fused-ring (bicyclic) bond motifs is 1. The van der Waals surface area contributed by atoms with Crippen LogP contribution in [0.4, 0.5) is 16.5 Å². The molecule has 1 fully saturated rings. The fourth-order valence-corrected chi connectivity index (χ4v) is 5.30. The number of carbonyl (C=O) groups is 2. The van der Waals surface area contributed by atoms with Gasteiger partial charge in [-0.3, -0.25) is 20.2 Å². The second-order valence-corrected chi connectivity index (χ2v) is 10.7. The molecule has 1 saturated heterocycles. The summed E-state index contributed by atoms with van der Waals surface area (Å²) >= 11 is 6.62. The number of esters is 1. The number of amides is 1. The van der Waals surface area contributed by atoms with Gasteiger partial charge in [-0.05, 0) is 61.7 Å². The highest BCUT2D eigenvalue weighted by atomic mass is 32.1. The van der Waals surface area contributed by atoms with Crippen molar-refractivity contribution < 1.29 is 19.2 Å².